The van der Waals surface area contributed by atoms with Gasteiger partial charge in [-0.05, 0) is 67.7 Å². The number of benzene rings is 2. The molecule has 2 N–H and O–H groups in total. The predicted octanol–water partition coefficient (Wildman–Crippen LogP) is 5.13. The van der Waals surface area contributed by atoms with Gasteiger partial charge in [-0.25, -0.2) is 0 Å². The molecule has 0 amide bonds. The summed E-state index contributed by atoms with van der Waals surface area (Å²) in [6, 6.07) is 13.5. The van der Waals surface area contributed by atoms with E-state index in [-0.39, 0.29) is 24.8 Å². The van der Waals surface area contributed by atoms with Crippen LogP contribution >= 0.6 is 47.8 Å². The Balaban J connectivity index is 0.00000171. The third-order valence-electron chi connectivity index (χ3n) is 5.72. The molecular weight excluding hydrogens is 477 g/mol. The van der Waals surface area contributed by atoms with Gasteiger partial charge in [0.1, 0.15) is 5.75 Å². The number of β-amino-alcohol motifs (C(OH)–C–C–N with tert-alkyl or cyclic N) is 1. The van der Waals surface area contributed by atoms with Crippen molar-refractivity contribution < 1.29 is 9.84 Å². The SMILES string of the molecule is COc1cccc(C(O)CN2CCC(Cn3c(=N)sc4cc(Cl)ccc43)CC2)c1.Cl.Cl. The quantitative estimate of drug-likeness (QED) is 0.489. The maximum absolute atomic E-state index is 10.6. The number of rotatable bonds is 6. The molecule has 1 saturated heterocycles. The molecule has 9 heteroatoms. The Morgan fingerprint density at radius 2 is 1.94 bits per heavy atom. The van der Waals surface area contributed by atoms with E-state index in [4.69, 9.17) is 21.7 Å². The Morgan fingerprint density at radius 3 is 2.65 bits per heavy atom. The van der Waals surface area contributed by atoms with Gasteiger partial charge in [0.15, 0.2) is 4.80 Å². The Morgan fingerprint density at radius 1 is 1.19 bits per heavy atom. The standard InChI is InChI=1S/C22H26ClN3O2S.2ClH/c1-28-18-4-2-3-16(11-18)20(27)14-25-9-7-15(8-10-25)13-26-19-6-5-17(23)12-21(19)29-22(26)24;;/h2-6,11-12,15,20,24,27H,7-10,13-14H2,1H3;2*1H. The van der Waals surface area contributed by atoms with Gasteiger partial charge >= 0.3 is 0 Å². The van der Waals surface area contributed by atoms with Gasteiger partial charge in [0.25, 0.3) is 0 Å². The summed E-state index contributed by atoms with van der Waals surface area (Å²) < 4.78 is 8.44. The molecule has 0 spiro atoms. The summed E-state index contributed by atoms with van der Waals surface area (Å²) in [7, 11) is 1.64. The molecule has 3 aromatic rings. The van der Waals surface area contributed by atoms with Crippen molar-refractivity contribution in [1.82, 2.24) is 9.47 Å². The molecule has 0 radical (unpaired) electrons. The molecule has 5 nitrogen and oxygen atoms in total. The first-order chi connectivity index (χ1) is 14.0. The molecule has 31 heavy (non-hydrogen) atoms. The van der Waals surface area contributed by atoms with Crippen LogP contribution in [0.1, 0.15) is 24.5 Å². The van der Waals surface area contributed by atoms with E-state index in [1.54, 1.807) is 7.11 Å². The lowest BCUT2D eigenvalue weighted by Crippen LogP contribution is -2.38. The zero-order valence-corrected chi connectivity index (χ0v) is 20.5. The van der Waals surface area contributed by atoms with Crippen molar-refractivity contribution in [1.29, 1.82) is 5.41 Å². The fraction of sp³-hybridized carbons (Fsp3) is 0.409. The minimum absolute atomic E-state index is 0. The summed E-state index contributed by atoms with van der Waals surface area (Å²) in [4.78, 5) is 2.91. The molecule has 1 aliphatic heterocycles. The van der Waals surface area contributed by atoms with Crippen LogP contribution in [0.5, 0.6) is 5.75 Å². The van der Waals surface area contributed by atoms with Crippen LogP contribution in [0.25, 0.3) is 10.2 Å². The number of thiazole rings is 1. The smallest absolute Gasteiger partial charge is 0.182 e. The molecule has 1 unspecified atom stereocenters. The largest absolute Gasteiger partial charge is 0.497 e. The van der Waals surface area contributed by atoms with Gasteiger partial charge in [-0.15, -0.1) is 24.8 Å². The second kappa shape index (κ2) is 11.5. The maximum atomic E-state index is 10.6. The fourth-order valence-corrected chi connectivity index (χ4v) is 5.25. The van der Waals surface area contributed by atoms with Gasteiger partial charge in [0, 0.05) is 18.1 Å². The molecule has 1 aromatic heterocycles. The third kappa shape index (κ3) is 6.15. The Bertz CT molecular complexity index is 1050. The van der Waals surface area contributed by atoms with E-state index in [0.29, 0.717) is 22.3 Å². The monoisotopic (exact) mass is 503 g/mol. The minimum atomic E-state index is -0.513. The maximum Gasteiger partial charge on any atom is 0.182 e. The first-order valence-electron chi connectivity index (χ1n) is 9.91. The Kier molecular flexibility index (Phi) is 9.67. The number of piperidine rings is 1. The van der Waals surface area contributed by atoms with Crippen molar-refractivity contribution in [2.75, 3.05) is 26.7 Å². The topological polar surface area (TPSA) is 61.5 Å². The summed E-state index contributed by atoms with van der Waals surface area (Å²) in [5.74, 6) is 1.32. The molecule has 1 atom stereocenters. The van der Waals surface area contributed by atoms with Crippen LogP contribution in [0, 0.1) is 11.3 Å². The number of hydrogen-bond acceptors (Lipinski definition) is 5. The highest BCUT2D eigenvalue weighted by Gasteiger charge is 2.23. The average Bonchev–Trinajstić information content (AvgIpc) is 3.03. The lowest BCUT2D eigenvalue weighted by molar-refractivity contribution is 0.0866. The molecule has 0 saturated carbocycles. The zero-order chi connectivity index (χ0) is 20.4. The van der Waals surface area contributed by atoms with Gasteiger partial charge in [0.05, 0.1) is 23.4 Å². The average molecular weight is 505 g/mol. The normalized spacial score (nSPS) is 15.8. The molecule has 170 valence electrons. The van der Waals surface area contributed by atoms with Crippen molar-refractivity contribution in [3.8, 4) is 5.75 Å². The highest BCUT2D eigenvalue weighted by Crippen LogP contribution is 2.26. The number of aliphatic hydroxyl groups excluding tert-OH is 1. The van der Waals surface area contributed by atoms with Gasteiger partial charge in [-0.2, -0.15) is 0 Å². The molecular formula is C22H28Cl3N3O2S. The number of nitrogens with zero attached hydrogens (tertiary/aromatic N) is 2. The Hall–Kier alpha value is -1.28. The van der Waals surface area contributed by atoms with Crippen molar-refractivity contribution in [3.05, 3.63) is 57.9 Å². The molecule has 0 aliphatic carbocycles. The van der Waals surface area contributed by atoms with E-state index < -0.39 is 6.10 Å². The van der Waals surface area contributed by atoms with Gasteiger partial charge < -0.3 is 19.3 Å². The number of fused-ring (bicyclic) bond motifs is 1. The number of nitrogens with one attached hydrogen (secondary N) is 1. The van der Waals surface area contributed by atoms with E-state index in [1.807, 2.05) is 42.5 Å². The second-order valence-corrected chi connectivity index (χ2v) is 9.13. The first-order valence-corrected chi connectivity index (χ1v) is 11.1. The van der Waals surface area contributed by atoms with Crippen LogP contribution in [0.4, 0.5) is 0 Å². The van der Waals surface area contributed by atoms with Crippen molar-refractivity contribution >= 4 is 58.0 Å². The number of likely N-dealkylation sites (tertiary alicyclic amines) is 1. The lowest BCUT2D eigenvalue weighted by atomic mass is 9.96. The van der Waals surface area contributed by atoms with Gasteiger partial charge in [-0.1, -0.05) is 35.1 Å². The summed E-state index contributed by atoms with van der Waals surface area (Å²) in [6.07, 6.45) is 1.63. The fourth-order valence-electron chi connectivity index (χ4n) is 4.05. The van der Waals surface area contributed by atoms with Crippen LogP contribution in [-0.2, 0) is 6.54 Å². The minimum Gasteiger partial charge on any atom is -0.497 e. The number of aromatic nitrogens is 1. The lowest BCUT2D eigenvalue weighted by Gasteiger charge is -2.33. The summed E-state index contributed by atoms with van der Waals surface area (Å²) in [5, 5.41) is 19.7. The highest BCUT2D eigenvalue weighted by atomic mass is 35.5. The number of methoxy groups -OCH3 is 1. The highest BCUT2D eigenvalue weighted by molar-refractivity contribution is 7.16. The van der Waals surface area contributed by atoms with Crippen LogP contribution < -0.4 is 9.54 Å². The van der Waals surface area contributed by atoms with Crippen molar-refractivity contribution in [2.24, 2.45) is 5.92 Å². The molecule has 2 aromatic carbocycles. The van der Waals surface area contributed by atoms with Crippen LogP contribution in [0.15, 0.2) is 42.5 Å². The Labute approximate surface area is 203 Å². The third-order valence-corrected chi connectivity index (χ3v) is 6.92. The zero-order valence-electron chi connectivity index (χ0n) is 17.3. The van der Waals surface area contributed by atoms with Gasteiger partial charge in [-0.3, -0.25) is 5.41 Å². The molecule has 4 rings (SSSR count). The number of ether oxygens (including phenoxy) is 1. The van der Waals surface area contributed by atoms with Crippen LogP contribution in [-0.4, -0.2) is 41.3 Å². The van der Waals surface area contributed by atoms with Crippen molar-refractivity contribution in [2.45, 2.75) is 25.5 Å². The van der Waals surface area contributed by atoms with E-state index >= 15 is 0 Å². The molecule has 1 aliphatic rings. The molecule has 0 bridgehead atoms. The van der Waals surface area contributed by atoms with E-state index in [1.165, 1.54) is 11.3 Å². The molecule has 1 fully saturated rings. The number of hydrogen-bond donors (Lipinski definition) is 2. The summed E-state index contributed by atoms with van der Waals surface area (Å²) in [6.45, 7) is 3.43. The van der Waals surface area contributed by atoms with E-state index in [9.17, 15) is 5.11 Å². The number of aliphatic hydroxyl groups is 1. The van der Waals surface area contributed by atoms with Crippen molar-refractivity contribution in [3.63, 3.8) is 0 Å². The van der Waals surface area contributed by atoms with Crippen LogP contribution in [0.3, 0.4) is 0 Å². The van der Waals surface area contributed by atoms with E-state index in [2.05, 4.69) is 9.47 Å². The second-order valence-electron chi connectivity index (χ2n) is 7.67. The molecule has 2 heterocycles. The van der Waals surface area contributed by atoms with E-state index in [0.717, 1.165) is 54.0 Å². The summed E-state index contributed by atoms with van der Waals surface area (Å²) in [5.41, 5.74) is 1.99. The first kappa shape index (κ1) is 26.0. The predicted molar refractivity (Wildman–Crippen MR) is 132 cm³/mol. The summed E-state index contributed by atoms with van der Waals surface area (Å²) >= 11 is 7.58. The van der Waals surface area contributed by atoms with Gasteiger partial charge in [0.2, 0.25) is 0 Å². The number of halogens is 3. The van der Waals surface area contributed by atoms with Crippen LogP contribution in [0.2, 0.25) is 5.02 Å².